The number of aliphatic hydroxyl groups is 1. The molecule has 0 spiro atoms. The zero-order chi connectivity index (χ0) is 13.8. The average molecular weight is 344 g/mol. The maximum absolute atomic E-state index is 10.6. The summed E-state index contributed by atoms with van der Waals surface area (Å²) in [7, 11) is 0. The SMILES string of the molecule is O=C(O)CSc1nnc(CO)n1-c1ccccc1Br. The third-order valence-corrected chi connectivity index (χ3v) is 3.84. The van der Waals surface area contributed by atoms with Crippen molar-refractivity contribution in [1.29, 1.82) is 0 Å². The Bertz CT molecular complexity index is 603. The molecule has 2 aromatic rings. The lowest BCUT2D eigenvalue weighted by molar-refractivity contribution is -0.133. The van der Waals surface area contributed by atoms with Crippen LogP contribution in [0, 0.1) is 0 Å². The number of aliphatic carboxylic acids is 1. The van der Waals surface area contributed by atoms with Gasteiger partial charge >= 0.3 is 5.97 Å². The minimum absolute atomic E-state index is 0.117. The smallest absolute Gasteiger partial charge is 0.313 e. The van der Waals surface area contributed by atoms with E-state index in [0.29, 0.717) is 11.0 Å². The fourth-order valence-electron chi connectivity index (χ4n) is 1.50. The van der Waals surface area contributed by atoms with Crippen LogP contribution in [0.2, 0.25) is 0 Å². The third kappa shape index (κ3) is 3.14. The number of aliphatic hydroxyl groups excluding tert-OH is 1. The van der Waals surface area contributed by atoms with Gasteiger partial charge in [-0.3, -0.25) is 9.36 Å². The fourth-order valence-corrected chi connectivity index (χ4v) is 2.64. The molecule has 0 saturated heterocycles. The van der Waals surface area contributed by atoms with Crippen LogP contribution in [0.1, 0.15) is 5.82 Å². The van der Waals surface area contributed by atoms with Crippen LogP contribution in [-0.2, 0) is 11.4 Å². The van der Waals surface area contributed by atoms with Crippen molar-refractivity contribution in [3.8, 4) is 5.69 Å². The lowest BCUT2D eigenvalue weighted by atomic mass is 10.3. The van der Waals surface area contributed by atoms with Crippen LogP contribution in [0.5, 0.6) is 0 Å². The highest BCUT2D eigenvalue weighted by Crippen LogP contribution is 2.27. The first-order valence-electron chi connectivity index (χ1n) is 5.28. The number of rotatable bonds is 5. The molecule has 1 aromatic heterocycles. The summed E-state index contributed by atoms with van der Waals surface area (Å²) in [6.07, 6.45) is 0. The van der Waals surface area contributed by atoms with Crippen LogP contribution < -0.4 is 0 Å². The zero-order valence-electron chi connectivity index (χ0n) is 9.65. The normalized spacial score (nSPS) is 10.6. The maximum Gasteiger partial charge on any atom is 0.313 e. The van der Waals surface area contributed by atoms with Gasteiger partial charge in [-0.1, -0.05) is 23.9 Å². The molecule has 19 heavy (non-hydrogen) atoms. The predicted octanol–water partition coefficient (Wildman–Crippen LogP) is 1.70. The van der Waals surface area contributed by atoms with E-state index in [4.69, 9.17) is 5.11 Å². The summed E-state index contributed by atoms with van der Waals surface area (Å²) < 4.78 is 2.44. The molecule has 0 saturated carbocycles. The minimum Gasteiger partial charge on any atom is -0.481 e. The molecule has 2 N–H and O–H groups in total. The summed E-state index contributed by atoms with van der Waals surface area (Å²) in [4.78, 5) is 10.6. The number of hydrogen-bond acceptors (Lipinski definition) is 5. The second-order valence-electron chi connectivity index (χ2n) is 3.53. The second kappa shape index (κ2) is 6.18. The zero-order valence-corrected chi connectivity index (χ0v) is 12.1. The first-order chi connectivity index (χ1) is 9.13. The Morgan fingerprint density at radius 3 is 2.74 bits per heavy atom. The molecule has 0 aliphatic heterocycles. The molecule has 0 aliphatic carbocycles. The molecule has 2 rings (SSSR count). The van der Waals surface area contributed by atoms with E-state index >= 15 is 0 Å². The molecule has 0 unspecified atom stereocenters. The Labute approximate surface area is 121 Å². The standard InChI is InChI=1S/C11H10BrN3O3S/c12-7-3-1-2-4-8(7)15-9(5-16)13-14-11(15)19-6-10(17)18/h1-4,16H,5-6H2,(H,17,18). The summed E-state index contributed by atoms with van der Waals surface area (Å²) in [5, 5.41) is 26.2. The first-order valence-corrected chi connectivity index (χ1v) is 7.06. The van der Waals surface area contributed by atoms with Crippen molar-refractivity contribution in [2.24, 2.45) is 0 Å². The molecule has 0 radical (unpaired) electrons. The number of benzene rings is 1. The van der Waals surface area contributed by atoms with Crippen LogP contribution in [0.4, 0.5) is 0 Å². The number of para-hydroxylation sites is 1. The van der Waals surface area contributed by atoms with Crippen LogP contribution in [0.25, 0.3) is 5.69 Å². The molecule has 1 aromatic carbocycles. The quantitative estimate of drug-likeness (QED) is 0.803. The lowest BCUT2D eigenvalue weighted by Gasteiger charge is -2.10. The highest BCUT2D eigenvalue weighted by Gasteiger charge is 2.16. The average Bonchev–Trinajstić information content (AvgIpc) is 2.79. The van der Waals surface area contributed by atoms with E-state index in [-0.39, 0.29) is 12.4 Å². The van der Waals surface area contributed by atoms with Crippen LogP contribution >= 0.6 is 27.7 Å². The van der Waals surface area contributed by atoms with Gasteiger partial charge in [-0.05, 0) is 28.1 Å². The monoisotopic (exact) mass is 343 g/mol. The molecule has 0 amide bonds. The number of nitrogens with zero attached hydrogens (tertiary/aromatic N) is 3. The van der Waals surface area contributed by atoms with Gasteiger partial charge in [-0.2, -0.15) is 0 Å². The Morgan fingerprint density at radius 1 is 1.37 bits per heavy atom. The van der Waals surface area contributed by atoms with Crippen LogP contribution in [-0.4, -0.2) is 36.7 Å². The number of carboxylic acids is 1. The third-order valence-electron chi connectivity index (χ3n) is 2.26. The number of thioether (sulfide) groups is 1. The van der Waals surface area contributed by atoms with Crippen molar-refractivity contribution >= 4 is 33.7 Å². The van der Waals surface area contributed by atoms with E-state index in [1.165, 1.54) is 0 Å². The number of carbonyl (C=O) groups is 1. The Morgan fingerprint density at radius 2 is 2.11 bits per heavy atom. The molecule has 0 aliphatic rings. The number of hydrogen-bond donors (Lipinski definition) is 2. The van der Waals surface area contributed by atoms with Crippen molar-refractivity contribution in [1.82, 2.24) is 14.8 Å². The van der Waals surface area contributed by atoms with E-state index in [1.807, 2.05) is 24.3 Å². The molecule has 100 valence electrons. The van der Waals surface area contributed by atoms with Gasteiger partial charge in [0.25, 0.3) is 0 Å². The predicted molar refractivity (Wildman–Crippen MR) is 73.3 cm³/mol. The van der Waals surface area contributed by atoms with Crippen molar-refractivity contribution in [3.63, 3.8) is 0 Å². The number of aromatic nitrogens is 3. The summed E-state index contributed by atoms with van der Waals surface area (Å²) >= 11 is 4.46. The van der Waals surface area contributed by atoms with Crippen molar-refractivity contribution in [3.05, 3.63) is 34.6 Å². The van der Waals surface area contributed by atoms with Crippen molar-refractivity contribution in [2.75, 3.05) is 5.75 Å². The maximum atomic E-state index is 10.6. The van der Waals surface area contributed by atoms with E-state index in [9.17, 15) is 9.90 Å². The van der Waals surface area contributed by atoms with Gasteiger partial charge in [0.2, 0.25) is 0 Å². The summed E-state index contributed by atoms with van der Waals surface area (Å²) in [5.74, 6) is -0.689. The van der Waals surface area contributed by atoms with Gasteiger partial charge in [0.05, 0.1) is 11.4 Å². The van der Waals surface area contributed by atoms with Gasteiger partial charge in [0, 0.05) is 4.47 Å². The molecule has 8 heteroatoms. The fraction of sp³-hybridized carbons (Fsp3) is 0.182. The van der Waals surface area contributed by atoms with Crippen LogP contribution in [0.3, 0.4) is 0 Å². The largest absolute Gasteiger partial charge is 0.481 e. The molecular weight excluding hydrogens is 334 g/mol. The Kier molecular flexibility index (Phi) is 4.56. The lowest BCUT2D eigenvalue weighted by Crippen LogP contribution is -2.05. The molecule has 6 nitrogen and oxygen atoms in total. The first kappa shape index (κ1) is 14.0. The van der Waals surface area contributed by atoms with E-state index in [0.717, 1.165) is 21.9 Å². The number of halogens is 1. The summed E-state index contributed by atoms with van der Waals surface area (Å²) in [6, 6.07) is 7.38. The minimum atomic E-state index is -0.933. The van der Waals surface area contributed by atoms with E-state index < -0.39 is 5.97 Å². The molecular formula is C11H10BrN3O3S. The molecule has 0 bridgehead atoms. The Hall–Kier alpha value is -1.38. The molecule has 1 heterocycles. The van der Waals surface area contributed by atoms with Crippen molar-refractivity contribution < 1.29 is 15.0 Å². The Balaban J connectivity index is 2.45. The summed E-state index contributed by atoms with van der Waals surface area (Å²) in [6.45, 7) is -0.276. The van der Waals surface area contributed by atoms with Crippen molar-refractivity contribution in [2.45, 2.75) is 11.8 Å². The van der Waals surface area contributed by atoms with Gasteiger partial charge in [-0.25, -0.2) is 0 Å². The van der Waals surface area contributed by atoms with Gasteiger partial charge < -0.3 is 10.2 Å². The molecule has 0 fully saturated rings. The van der Waals surface area contributed by atoms with Gasteiger partial charge in [-0.15, -0.1) is 10.2 Å². The topological polar surface area (TPSA) is 88.2 Å². The highest BCUT2D eigenvalue weighted by atomic mass is 79.9. The number of carboxylic acid groups (broad SMARTS) is 1. The molecule has 0 atom stereocenters. The van der Waals surface area contributed by atoms with E-state index in [1.54, 1.807) is 4.57 Å². The van der Waals surface area contributed by atoms with E-state index in [2.05, 4.69) is 26.1 Å². The second-order valence-corrected chi connectivity index (χ2v) is 5.32. The van der Waals surface area contributed by atoms with Gasteiger partial charge in [0.15, 0.2) is 11.0 Å². The summed E-state index contributed by atoms with van der Waals surface area (Å²) in [5.41, 5.74) is 0.754. The van der Waals surface area contributed by atoms with Crippen LogP contribution in [0.15, 0.2) is 33.9 Å². The van der Waals surface area contributed by atoms with Gasteiger partial charge in [0.1, 0.15) is 6.61 Å². The highest BCUT2D eigenvalue weighted by molar-refractivity contribution is 9.10.